The first-order chi connectivity index (χ1) is 15.4. The lowest BCUT2D eigenvalue weighted by Crippen LogP contribution is -2.43. The number of aliphatic hydroxyl groups is 1. The van der Waals surface area contributed by atoms with Crippen LogP contribution in [0.1, 0.15) is 13.2 Å². The molecule has 0 amide bonds. The highest BCUT2D eigenvalue weighted by Crippen LogP contribution is 2.66. The number of aliphatic hydroxyl groups excluding tert-OH is 1. The van der Waals surface area contributed by atoms with Gasteiger partial charge in [0.15, 0.2) is 11.1 Å². The maximum atomic E-state index is 13.8. The van der Waals surface area contributed by atoms with E-state index < -0.39 is 76.9 Å². The third-order valence-corrected chi connectivity index (χ3v) is 8.52. The number of rotatable bonds is 9. The van der Waals surface area contributed by atoms with Gasteiger partial charge in [0.25, 0.3) is 5.56 Å². The summed E-state index contributed by atoms with van der Waals surface area (Å²) in [5, 5.41) is 9.81. The number of ether oxygens (including phenoxy) is 1. The Hall–Kier alpha value is -1.21. The Morgan fingerprint density at radius 1 is 1.24 bits per heavy atom. The van der Waals surface area contributed by atoms with Crippen molar-refractivity contribution in [1.82, 2.24) is 9.55 Å². The van der Waals surface area contributed by atoms with Crippen LogP contribution >= 0.6 is 35.1 Å². The van der Waals surface area contributed by atoms with Crippen LogP contribution in [-0.4, -0.2) is 58.4 Å². The number of phosphoric acid groups is 3. The van der Waals surface area contributed by atoms with Crippen LogP contribution in [0, 0.1) is 23.6 Å². The van der Waals surface area contributed by atoms with E-state index in [4.69, 9.17) is 26.1 Å². The molecule has 0 saturated carbocycles. The van der Waals surface area contributed by atoms with Crippen LogP contribution in [0.4, 0.5) is 4.39 Å². The highest BCUT2D eigenvalue weighted by molar-refractivity contribution is 7.66. The van der Waals surface area contributed by atoms with Crippen molar-refractivity contribution in [3.63, 3.8) is 0 Å². The molecule has 16 nitrogen and oxygen atoms in total. The Bertz CT molecular complexity index is 1250. The van der Waals surface area contributed by atoms with Crippen LogP contribution in [0.25, 0.3) is 0 Å². The average Bonchev–Trinajstić information content (AvgIpc) is 2.91. The molecule has 0 aromatic carbocycles. The van der Waals surface area contributed by atoms with Crippen molar-refractivity contribution >= 4 is 35.1 Å². The number of phosphoric ester groups is 1. The molecule has 192 valence electrons. The Labute approximate surface area is 193 Å². The predicted molar refractivity (Wildman–Crippen MR) is 108 cm³/mol. The number of aromatic amines is 1. The van der Waals surface area contributed by atoms with Gasteiger partial charge in [0, 0.05) is 5.92 Å². The highest BCUT2D eigenvalue weighted by Gasteiger charge is 2.57. The Balaban J connectivity index is 2.34. The van der Waals surface area contributed by atoms with Crippen molar-refractivity contribution in [2.75, 3.05) is 13.2 Å². The van der Waals surface area contributed by atoms with Gasteiger partial charge in [-0.05, 0) is 6.92 Å². The Kier molecular flexibility index (Phi) is 8.89. The zero-order chi connectivity index (χ0) is 26.1. The fourth-order valence-electron chi connectivity index (χ4n) is 2.94. The van der Waals surface area contributed by atoms with Crippen LogP contribution in [0.15, 0.2) is 15.8 Å². The van der Waals surface area contributed by atoms with Crippen molar-refractivity contribution in [2.45, 2.75) is 24.1 Å². The number of alkyl halides is 1. The summed E-state index contributed by atoms with van der Waals surface area (Å²) in [6.07, 6.45) is -2.73. The van der Waals surface area contributed by atoms with Crippen LogP contribution in [0.2, 0.25) is 0 Å². The molecule has 1 aliphatic rings. The molecule has 34 heavy (non-hydrogen) atoms. The third kappa shape index (κ3) is 6.93. The van der Waals surface area contributed by atoms with E-state index in [1.807, 2.05) is 0 Å². The molecule has 6 atom stereocenters. The first-order valence-electron chi connectivity index (χ1n) is 8.63. The second-order valence-electron chi connectivity index (χ2n) is 6.49. The minimum absolute atomic E-state index is 0.458. The largest absolute Gasteiger partial charge is 0.490 e. The highest BCUT2D eigenvalue weighted by atomic mass is 35.5. The van der Waals surface area contributed by atoms with Crippen LogP contribution in [0.3, 0.4) is 0 Å². The van der Waals surface area contributed by atoms with E-state index in [-0.39, 0.29) is 0 Å². The lowest BCUT2D eigenvalue weighted by Gasteiger charge is -2.27. The fourth-order valence-corrected chi connectivity index (χ4v) is 6.43. The minimum Gasteiger partial charge on any atom is -0.396 e. The smallest absolute Gasteiger partial charge is 0.396 e. The summed E-state index contributed by atoms with van der Waals surface area (Å²) in [6.45, 7) is -0.545. The molecule has 1 aromatic heterocycles. The molecule has 0 radical (unpaired) electrons. The molecule has 2 rings (SSSR count). The first kappa shape index (κ1) is 29.0. The molecule has 0 aliphatic carbocycles. The number of H-pyrrole nitrogens is 1. The molecule has 1 saturated heterocycles. The summed E-state index contributed by atoms with van der Waals surface area (Å²) in [5.74, 6) is 2.19. The quantitative estimate of drug-likeness (QED) is 0.124. The monoisotopic (exact) mass is 572 g/mol. The molecule has 0 spiro atoms. The third-order valence-electron chi connectivity index (χ3n) is 4.16. The van der Waals surface area contributed by atoms with E-state index in [1.54, 1.807) is 4.98 Å². The van der Waals surface area contributed by atoms with Crippen LogP contribution < -0.4 is 11.2 Å². The SMILES string of the molecule is CC#CC1(Cl)C(CO)[C@@H](COP(=O)(O)OP(=O)(O)OP(=O)(O)O)O[C@H]1n1cc(F)c(=O)[nH]c1=O. The van der Waals surface area contributed by atoms with Gasteiger partial charge in [-0.25, -0.2) is 18.5 Å². The normalized spacial score (nSPS) is 28.5. The van der Waals surface area contributed by atoms with E-state index in [0.29, 0.717) is 10.8 Å². The lowest BCUT2D eigenvalue weighted by molar-refractivity contribution is -0.0378. The molecule has 1 fully saturated rings. The van der Waals surface area contributed by atoms with Gasteiger partial charge in [0.1, 0.15) is 0 Å². The molecule has 4 unspecified atom stereocenters. The zero-order valence-electron chi connectivity index (χ0n) is 16.7. The minimum atomic E-state index is -5.79. The van der Waals surface area contributed by atoms with Crippen molar-refractivity contribution in [1.29, 1.82) is 0 Å². The van der Waals surface area contributed by atoms with Crippen molar-refractivity contribution in [3.8, 4) is 11.8 Å². The summed E-state index contributed by atoms with van der Waals surface area (Å²) in [7, 11) is -17.0. The second kappa shape index (κ2) is 10.4. The maximum absolute atomic E-state index is 13.8. The average molecular weight is 573 g/mol. The van der Waals surface area contributed by atoms with E-state index in [1.165, 1.54) is 6.92 Å². The molecule has 1 aliphatic heterocycles. The maximum Gasteiger partial charge on any atom is 0.490 e. The van der Waals surface area contributed by atoms with Gasteiger partial charge in [-0.15, -0.1) is 5.92 Å². The number of nitrogens with one attached hydrogen (secondary N) is 1. The molecule has 0 bridgehead atoms. The Morgan fingerprint density at radius 2 is 1.85 bits per heavy atom. The van der Waals surface area contributed by atoms with E-state index in [9.17, 15) is 42.6 Å². The standard InChI is InChI=1S/C13H17ClFN2O14P3/c1-2-3-13(14)7(5-18)9(29-11(13)17-4-8(15)10(19)16-12(17)20)6-28-33(24,25)31-34(26,27)30-32(21,22)23/h4,7,9,11,18H,5-6H2,1H3,(H,24,25)(H,26,27)(H,16,19,20)(H2,21,22,23)/t7?,9-,11-,13?/m1/s1. The van der Waals surface area contributed by atoms with Gasteiger partial charge in [0.05, 0.1) is 25.5 Å². The number of hydrogen-bond acceptors (Lipinski definition) is 10. The number of hydrogen-bond donors (Lipinski definition) is 6. The number of halogens is 2. The molecule has 2 heterocycles. The summed E-state index contributed by atoms with van der Waals surface area (Å²) < 4.78 is 65.5. The van der Waals surface area contributed by atoms with Gasteiger partial charge in [-0.3, -0.25) is 18.9 Å². The number of aromatic nitrogens is 2. The van der Waals surface area contributed by atoms with Crippen molar-refractivity contribution < 1.29 is 60.6 Å². The molecule has 6 N–H and O–H groups in total. The predicted octanol–water partition coefficient (Wildman–Crippen LogP) is -0.474. The van der Waals surface area contributed by atoms with Gasteiger partial charge in [0.2, 0.25) is 5.82 Å². The van der Waals surface area contributed by atoms with Gasteiger partial charge in [-0.2, -0.15) is 13.0 Å². The summed E-state index contributed by atoms with van der Waals surface area (Å²) in [6, 6.07) is 0. The van der Waals surface area contributed by atoms with E-state index in [0.717, 1.165) is 0 Å². The van der Waals surface area contributed by atoms with Gasteiger partial charge in [-0.1, -0.05) is 17.5 Å². The summed E-state index contributed by atoms with van der Waals surface area (Å²) >= 11 is 6.48. The van der Waals surface area contributed by atoms with E-state index in [2.05, 4.69) is 25.0 Å². The Morgan fingerprint density at radius 3 is 2.38 bits per heavy atom. The molecule has 1 aromatic rings. The molecular weight excluding hydrogens is 556 g/mol. The van der Waals surface area contributed by atoms with Crippen molar-refractivity contribution in [3.05, 3.63) is 32.9 Å². The molecule has 21 heteroatoms. The van der Waals surface area contributed by atoms with Crippen LogP contribution in [0.5, 0.6) is 0 Å². The summed E-state index contributed by atoms with van der Waals surface area (Å²) in [4.78, 5) is 59.1. The first-order valence-corrected chi connectivity index (χ1v) is 13.5. The zero-order valence-corrected chi connectivity index (χ0v) is 20.1. The second-order valence-corrected chi connectivity index (χ2v) is 11.5. The number of nitrogens with zero attached hydrogens (tertiary/aromatic N) is 1. The summed E-state index contributed by atoms with van der Waals surface area (Å²) in [5.41, 5.74) is -2.52. The molecular formula is C13H17ClFN2O14P3. The lowest BCUT2D eigenvalue weighted by atomic mass is 9.89. The van der Waals surface area contributed by atoms with Crippen molar-refractivity contribution in [2.24, 2.45) is 5.92 Å². The fraction of sp³-hybridized carbons (Fsp3) is 0.538. The topological polar surface area (TPSA) is 244 Å². The van der Waals surface area contributed by atoms with Gasteiger partial charge < -0.3 is 29.4 Å². The van der Waals surface area contributed by atoms with Crippen LogP contribution in [-0.2, 0) is 31.6 Å². The van der Waals surface area contributed by atoms with Gasteiger partial charge >= 0.3 is 29.2 Å². The van der Waals surface area contributed by atoms with E-state index >= 15 is 0 Å².